The molecule has 0 saturated carbocycles. The minimum absolute atomic E-state index is 0.352. The fourth-order valence-electron chi connectivity index (χ4n) is 7.30. The van der Waals surface area contributed by atoms with Crippen molar-refractivity contribution in [3.05, 3.63) is 199 Å². The van der Waals surface area contributed by atoms with Gasteiger partial charge in [0.25, 0.3) is 0 Å². The molecule has 1 aromatic heterocycles. The topological polar surface area (TPSA) is 13.6 Å². The molecule has 0 spiro atoms. The number of aromatic nitrogens is 1. The van der Waals surface area contributed by atoms with E-state index in [0.717, 1.165) is 38.6 Å². The van der Waals surface area contributed by atoms with Crippen LogP contribution in [-0.4, -0.2) is 12.6 Å². The summed E-state index contributed by atoms with van der Waals surface area (Å²) in [4.78, 5) is 7.78. The van der Waals surface area contributed by atoms with Crippen LogP contribution in [0.15, 0.2) is 176 Å². The van der Waals surface area contributed by atoms with Gasteiger partial charge in [0.1, 0.15) is 0 Å². The van der Waals surface area contributed by atoms with E-state index < -0.39 is 8.07 Å². The molecule has 3 nitrogen and oxygen atoms in total. The zero-order valence-corrected chi connectivity index (χ0v) is 27.1. The first-order chi connectivity index (χ1) is 23.7. The lowest BCUT2D eigenvalue weighted by Gasteiger charge is -2.34. The van der Waals surface area contributed by atoms with Crippen LogP contribution in [-0.2, 0) is 0 Å². The highest BCUT2D eigenvalue weighted by Gasteiger charge is 2.41. The van der Waals surface area contributed by atoms with Crippen molar-refractivity contribution in [1.29, 1.82) is 0 Å². The molecule has 1 heterocycles. The zero-order valence-electron chi connectivity index (χ0n) is 26.1. The van der Waals surface area contributed by atoms with E-state index in [2.05, 4.69) is 160 Å². The number of nitrogens with zero attached hydrogens (tertiary/aromatic N) is 3. The van der Waals surface area contributed by atoms with E-state index in [1.165, 1.54) is 20.7 Å². The van der Waals surface area contributed by atoms with Gasteiger partial charge in [-0.25, -0.2) is 9.69 Å². The maximum atomic E-state index is 8.14. The van der Waals surface area contributed by atoms with E-state index in [0.29, 0.717) is 11.4 Å². The van der Waals surface area contributed by atoms with Crippen molar-refractivity contribution in [2.24, 2.45) is 0 Å². The average Bonchev–Trinajstić information content (AvgIpc) is 3.50. The van der Waals surface area contributed by atoms with E-state index in [4.69, 9.17) is 13.1 Å². The summed E-state index contributed by atoms with van der Waals surface area (Å²) in [6.07, 6.45) is 0. The lowest BCUT2D eigenvalue weighted by atomic mass is 10.0. The molecule has 0 aliphatic rings. The van der Waals surface area contributed by atoms with Crippen molar-refractivity contribution < 1.29 is 0 Å². The molecule has 0 aliphatic heterocycles. The van der Waals surface area contributed by atoms with Crippen molar-refractivity contribution in [2.45, 2.75) is 0 Å². The Morgan fingerprint density at radius 2 is 0.854 bits per heavy atom. The van der Waals surface area contributed by atoms with Gasteiger partial charge in [-0.1, -0.05) is 158 Å². The fourth-order valence-corrected chi connectivity index (χ4v) is 12.0. The Labute approximate surface area is 281 Å². The molecule has 224 valence electrons. The summed E-state index contributed by atoms with van der Waals surface area (Å²) in [5, 5.41) is 7.47. The zero-order chi connectivity index (χ0) is 32.5. The molecular weight excluding hydrogens is 599 g/mol. The molecule has 0 radical (unpaired) electrons. The molecule has 0 unspecified atom stereocenters. The van der Waals surface area contributed by atoms with Crippen LogP contribution in [0.4, 0.5) is 11.4 Å². The number of para-hydroxylation sites is 2. The Kier molecular flexibility index (Phi) is 7.27. The summed E-state index contributed by atoms with van der Waals surface area (Å²) in [6, 6.07) is 62.1. The maximum Gasteiger partial charge on any atom is 0.217 e. The highest BCUT2D eigenvalue weighted by molar-refractivity contribution is 7.19. The van der Waals surface area contributed by atoms with E-state index in [-0.39, 0.29) is 0 Å². The van der Waals surface area contributed by atoms with Crippen LogP contribution < -0.4 is 20.7 Å². The third kappa shape index (κ3) is 4.55. The second-order valence-corrected chi connectivity index (χ2v) is 15.7. The molecule has 8 rings (SSSR count). The van der Waals surface area contributed by atoms with Crippen molar-refractivity contribution in [2.75, 3.05) is 0 Å². The van der Waals surface area contributed by atoms with E-state index >= 15 is 0 Å². The molecule has 8 aromatic rings. The number of benzene rings is 7. The highest BCUT2D eigenvalue weighted by Crippen LogP contribution is 2.42. The van der Waals surface area contributed by atoms with Crippen LogP contribution in [0.5, 0.6) is 0 Å². The summed E-state index contributed by atoms with van der Waals surface area (Å²) in [5.41, 5.74) is 5.36. The van der Waals surface area contributed by atoms with Crippen LogP contribution >= 0.6 is 0 Å². The number of fused-ring (bicyclic) bond motifs is 3. The molecule has 0 saturated heterocycles. The first kappa shape index (κ1) is 29.0. The second-order valence-electron chi connectivity index (χ2n) is 11.9. The molecule has 0 N–H and O–H groups in total. The lowest BCUT2D eigenvalue weighted by Crippen LogP contribution is -2.74. The largest absolute Gasteiger partial charge is 0.320 e. The molecule has 0 amide bonds. The monoisotopic (exact) mass is 627 g/mol. The molecule has 7 aromatic carbocycles. The van der Waals surface area contributed by atoms with Gasteiger partial charge in [0, 0.05) is 16.5 Å². The first-order valence-electron chi connectivity index (χ1n) is 15.9. The summed E-state index contributed by atoms with van der Waals surface area (Å²) in [5.74, 6) is 0. The van der Waals surface area contributed by atoms with Crippen LogP contribution in [0.3, 0.4) is 0 Å². The fraction of sp³-hybridized carbons (Fsp3) is 0. The standard InChI is InChI=1S/C44H29N3Si/c1-45-40-30-33(31-43(44(40)46-2)47-41-24-14-12-22-38(41)39-23-13-15-25-42(39)47)32-26-28-37(29-27-32)48(34-16-6-3-7-17-34,35-18-8-4-9-19-35)36-20-10-5-11-21-36/h3-31H. The van der Waals surface area contributed by atoms with Crippen LogP contribution in [0.2, 0.25) is 0 Å². The molecular formula is C44H29N3Si. The Balaban J connectivity index is 1.35. The summed E-state index contributed by atoms with van der Waals surface area (Å²) >= 11 is 0. The molecule has 0 atom stereocenters. The van der Waals surface area contributed by atoms with Crippen molar-refractivity contribution in [3.8, 4) is 16.8 Å². The van der Waals surface area contributed by atoms with Gasteiger partial charge in [-0.2, -0.15) is 0 Å². The predicted molar refractivity (Wildman–Crippen MR) is 202 cm³/mol. The number of rotatable bonds is 6. The number of hydrogen-bond acceptors (Lipinski definition) is 0. The van der Waals surface area contributed by atoms with Crippen molar-refractivity contribution >= 4 is 62.0 Å². The van der Waals surface area contributed by atoms with E-state index in [1.807, 2.05) is 30.3 Å². The third-order valence-corrected chi connectivity index (χ3v) is 14.2. The first-order valence-corrected chi connectivity index (χ1v) is 17.9. The van der Waals surface area contributed by atoms with Gasteiger partial charge < -0.3 is 4.57 Å². The minimum atomic E-state index is -2.66. The summed E-state index contributed by atoms with van der Waals surface area (Å²) < 4.78 is 2.14. The Morgan fingerprint density at radius 3 is 1.31 bits per heavy atom. The predicted octanol–water partition coefficient (Wildman–Crippen LogP) is 8.93. The minimum Gasteiger partial charge on any atom is -0.320 e. The van der Waals surface area contributed by atoms with Gasteiger partial charge in [0.05, 0.1) is 24.2 Å². The van der Waals surface area contributed by atoms with Crippen LogP contribution in [0.25, 0.3) is 48.3 Å². The van der Waals surface area contributed by atoms with Gasteiger partial charge in [0.2, 0.25) is 5.69 Å². The SMILES string of the molecule is [C-]#[N+]c1cc(-c2ccc([Si](c3ccccc3)(c3ccccc3)c3ccccc3)cc2)cc(-n2c3ccccc3c3ccccc32)c1[N+]#[C-]. The smallest absolute Gasteiger partial charge is 0.217 e. The maximum absolute atomic E-state index is 8.14. The van der Waals surface area contributed by atoms with Crippen LogP contribution in [0, 0.1) is 13.1 Å². The van der Waals surface area contributed by atoms with Gasteiger partial charge in [-0.05, 0) is 50.1 Å². The second kappa shape index (κ2) is 12.0. The van der Waals surface area contributed by atoms with E-state index in [9.17, 15) is 0 Å². The van der Waals surface area contributed by atoms with Crippen LogP contribution in [0.1, 0.15) is 0 Å². The Hall–Kier alpha value is -6.46. The van der Waals surface area contributed by atoms with Crippen molar-refractivity contribution in [1.82, 2.24) is 4.57 Å². The van der Waals surface area contributed by atoms with Gasteiger partial charge in [0.15, 0.2) is 13.8 Å². The van der Waals surface area contributed by atoms with E-state index in [1.54, 1.807) is 0 Å². The molecule has 0 fully saturated rings. The van der Waals surface area contributed by atoms with Gasteiger partial charge in [-0.3, -0.25) is 0 Å². The Morgan fingerprint density at radius 1 is 0.417 bits per heavy atom. The summed E-state index contributed by atoms with van der Waals surface area (Å²) in [7, 11) is -2.66. The third-order valence-electron chi connectivity index (χ3n) is 9.39. The quantitative estimate of drug-likeness (QED) is 0.0993. The average molecular weight is 628 g/mol. The normalized spacial score (nSPS) is 11.3. The van der Waals surface area contributed by atoms with Gasteiger partial charge >= 0.3 is 0 Å². The van der Waals surface area contributed by atoms with Gasteiger partial charge in [-0.15, -0.1) is 0 Å². The lowest BCUT2D eigenvalue weighted by molar-refractivity contribution is 1.19. The molecule has 0 bridgehead atoms. The molecule has 48 heavy (non-hydrogen) atoms. The van der Waals surface area contributed by atoms with Crippen molar-refractivity contribution in [3.63, 3.8) is 0 Å². The molecule has 4 heteroatoms. The highest BCUT2D eigenvalue weighted by atomic mass is 28.3. The Bertz CT molecular complexity index is 2350. The summed E-state index contributed by atoms with van der Waals surface area (Å²) in [6.45, 7) is 16.2. The molecule has 0 aliphatic carbocycles. The number of hydrogen-bond donors (Lipinski definition) is 0.